The second-order valence-corrected chi connectivity index (χ2v) is 7.35. The molecule has 0 radical (unpaired) electrons. The number of carbonyl (C=O) groups is 1. The Balaban J connectivity index is 1.30. The predicted molar refractivity (Wildman–Crippen MR) is 112 cm³/mol. The molecule has 2 aromatic rings. The van der Waals surface area contributed by atoms with E-state index >= 15 is 0 Å². The van der Waals surface area contributed by atoms with Crippen molar-refractivity contribution in [3.05, 3.63) is 54.1 Å². The van der Waals surface area contributed by atoms with E-state index in [0.717, 1.165) is 43.4 Å². The smallest absolute Gasteiger partial charge is 0.246 e. The van der Waals surface area contributed by atoms with Crippen LogP contribution in [0.15, 0.2) is 48.5 Å². The van der Waals surface area contributed by atoms with Crippen LogP contribution in [0.4, 0.5) is 11.6 Å². The summed E-state index contributed by atoms with van der Waals surface area (Å²) in [4.78, 5) is 18.8. The molecule has 0 aliphatic carbocycles. The zero-order chi connectivity index (χ0) is 19.2. The molecule has 0 N–H and O–H groups in total. The van der Waals surface area contributed by atoms with E-state index in [1.807, 2.05) is 41.3 Å². The third-order valence-corrected chi connectivity index (χ3v) is 5.45. The van der Waals surface area contributed by atoms with Crippen molar-refractivity contribution in [1.82, 2.24) is 15.1 Å². The lowest BCUT2D eigenvalue weighted by atomic mass is 10.1. The molecule has 3 heterocycles. The van der Waals surface area contributed by atoms with Crippen molar-refractivity contribution < 1.29 is 4.79 Å². The average Bonchev–Trinajstić information content (AvgIpc) is 2.79. The molecule has 0 unspecified atom stereocenters. The number of rotatable bonds is 4. The minimum atomic E-state index is 0.0648. The average molecular weight is 377 g/mol. The number of benzene rings is 1. The highest BCUT2D eigenvalue weighted by Crippen LogP contribution is 2.20. The number of piperazine rings is 1. The van der Waals surface area contributed by atoms with Crippen molar-refractivity contribution >= 4 is 23.6 Å². The van der Waals surface area contributed by atoms with Gasteiger partial charge in [0.25, 0.3) is 0 Å². The SMILES string of the molecule is O=C(C=Cc1ccccc1)N1CCN(c2ccc(N3CCCCC3)nn2)CC1. The fourth-order valence-electron chi connectivity index (χ4n) is 3.77. The highest BCUT2D eigenvalue weighted by atomic mass is 16.2. The van der Waals surface area contributed by atoms with Gasteiger partial charge in [-0.3, -0.25) is 4.79 Å². The number of amides is 1. The van der Waals surface area contributed by atoms with E-state index in [0.29, 0.717) is 13.1 Å². The van der Waals surface area contributed by atoms with Gasteiger partial charge in [0, 0.05) is 45.3 Å². The van der Waals surface area contributed by atoms with Gasteiger partial charge in [-0.1, -0.05) is 30.3 Å². The van der Waals surface area contributed by atoms with Crippen molar-refractivity contribution in [2.75, 3.05) is 49.1 Å². The van der Waals surface area contributed by atoms with Crippen LogP contribution in [0, 0.1) is 0 Å². The zero-order valence-electron chi connectivity index (χ0n) is 16.2. The molecule has 6 heteroatoms. The summed E-state index contributed by atoms with van der Waals surface area (Å²) in [6, 6.07) is 14.0. The fourth-order valence-corrected chi connectivity index (χ4v) is 3.77. The monoisotopic (exact) mass is 377 g/mol. The Hall–Kier alpha value is -2.89. The maximum Gasteiger partial charge on any atom is 0.246 e. The van der Waals surface area contributed by atoms with Crippen LogP contribution in [0.25, 0.3) is 6.08 Å². The van der Waals surface area contributed by atoms with Crippen molar-refractivity contribution in [2.45, 2.75) is 19.3 Å². The fraction of sp³-hybridized carbons (Fsp3) is 0.409. The van der Waals surface area contributed by atoms with Crippen molar-refractivity contribution in [3.63, 3.8) is 0 Å². The Labute approximate surface area is 166 Å². The van der Waals surface area contributed by atoms with Gasteiger partial charge >= 0.3 is 0 Å². The second-order valence-electron chi connectivity index (χ2n) is 7.35. The first-order chi connectivity index (χ1) is 13.8. The van der Waals surface area contributed by atoms with E-state index in [1.165, 1.54) is 19.3 Å². The van der Waals surface area contributed by atoms with Gasteiger partial charge in [0.05, 0.1) is 0 Å². The zero-order valence-corrected chi connectivity index (χ0v) is 16.2. The summed E-state index contributed by atoms with van der Waals surface area (Å²) in [6.07, 6.45) is 7.32. The number of aromatic nitrogens is 2. The van der Waals surface area contributed by atoms with Crippen LogP contribution in [0.3, 0.4) is 0 Å². The summed E-state index contributed by atoms with van der Waals surface area (Å²) in [5.41, 5.74) is 1.04. The minimum Gasteiger partial charge on any atom is -0.355 e. The number of piperidine rings is 1. The van der Waals surface area contributed by atoms with Crippen LogP contribution in [0.5, 0.6) is 0 Å². The summed E-state index contributed by atoms with van der Waals surface area (Å²) in [6.45, 7) is 5.11. The van der Waals surface area contributed by atoms with Crippen LogP contribution in [0.2, 0.25) is 0 Å². The van der Waals surface area contributed by atoms with Gasteiger partial charge in [-0.05, 0) is 43.0 Å². The highest BCUT2D eigenvalue weighted by Gasteiger charge is 2.21. The molecule has 2 aliphatic rings. The molecule has 6 nitrogen and oxygen atoms in total. The predicted octanol–water partition coefficient (Wildman–Crippen LogP) is 2.83. The third kappa shape index (κ3) is 4.50. The number of anilines is 2. The van der Waals surface area contributed by atoms with Crippen LogP contribution in [-0.4, -0.2) is 60.3 Å². The first kappa shape index (κ1) is 18.5. The largest absolute Gasteiger partial charge is 0.355 e. The first-order valence-corrected chi connectivity index (χ1v) is 10.2. The lowest BCUT2D eigenvalue weighted by molar-refractivity contribution is -0.126. The van der Waals surface area contributed by atoms with Crippen molar-refractivity contribution in [3.8, 4) is 0 Å². The van der Waals surface area contributed by atoms with E-state index in [2.05, 4.69) is 32.1 Å². The van der Waals surface area contributed by atoms with Crippen molar-refractivity contribution in [2.24, 2.45) is 0 Å². The van der Waals surface area contributed by atoms with E-state index in [-0.39, 0.29) is 5.91 Å². The molecule has 28 heavy (non-hydrogen) atoms. The molecule has 0 atom stereocenters. The van der Waals surface area contributed by atoms with Crippen LogP contribution in [-0.2, 0) is 4.79 Å². The molecule has 1 aromatic carbocycles. The quantitative estimate of drug-likeness (QED) is 0.767. The van der Waals surface area contributed by atoms with E-state index < -0.39 is 0 Å². The molecule has 0 spiro atoms. The standard InChI is InChI=1S/C22H27N5O/c28-22(12-9-19-7-3-1-4-8-19)27-17-15-26(16-18-27)21-11-10-20(23-24-21)25-13-5-2-6-14-25/h1,3-4,7-12H,2,5-6,13-18H2. The number of nitrogens with zero attached hydrogens (tertiary/aromatic N) is 5. The molecule has 0 saturated carbocycles. The third-order valence-electron chi connectivity index (χ3n) is 5.45. The molecular weight excluding hydrogens is 350 g/mol. The van der Waals surface area contributed by atoms with Crippen LogP contribution < -0.4 is 9.80 Å². The van der Waals surface area contributed by atoms with E-state index in [9.17, 15) is 4.79 Å². The molecule has 0 bridgehead atoms. The Kier molecular flexibility index (Phi) is 5.85. The van der Waals surface area contributed by atoms with Gasteiger partial charge in [0.1, 0.15) is 0 Å². The molecular formula is C22H27N5O. The lowest BCUT2D eigenvalue weighted by Gasteiger charge is -2.35. The molecule has 2 fully saturated rings. The van der Waals surface area contributed by atoms with Gasteiger partial charge in [0.2, 0.25) is 5.91 Å². The Morgan fingerprint density at radius 2 is 1.36 bits per heavy atom. The second kappa shape index (κ2) is 8.87. The van der Waals surface area contributed by atoms with Crippen LogP contribution in [0.1, 0.15) is 24.8 Å². The summed E-state index contributed by atoms with van der Waals surface area (Å²) in [7, 11) is 0. The topological polar surface area (TPSA) is 52.6 Å². The van der Waals surface area contributed by atoms with E-state index in [4.69, 9.17) is 0 Å². The molecule has 2 saturated heterocycles. The Morgan fingerprint density at radius 1 is 0.750 bits per heavy atom. The molecule has 1 aromatic heterocycles. The van der Waals surface area contributed by atoms with Gasteiger partial charge in [0.15, 0.2) is 11.6 Å². The highest BCUT2D eigenvalue weighted by molar-refractivity contribution is 5.91. The maximum atomic E-state index is 12.4. The van der Waals surface area contributed by atoms with Gasteiger partial charge in [-0.15, -0.1) is 10.2 Å². The first-order valence-electron chi connectivity index (χ1n) is 10.2. The van der Waals surface area contributed by atoms with Gasteiger partial charge in [-0.2, -0.15) is 0 Å². The molecule has 1 amide bonds. The number of hydrogen-bond donors (Lipinski definition) is 0. The van der Waals surface area contributed by atoms with Gasteiger partial charge in [-0.25, -0.2) is 0 Å². The Morgan fingerprint density at radius 3 is 1.96 bits per heavy atom. The van der Waals surface area contributed by atoms with Crippen molar-refractivity contribution in [1.29, 1.82) is 0 Å². The summed E-state index contributed by atoms with van der Waals surface area (Å²) >= 11 is 0. The van der Waals surface area contributed by atoms with Gasteiger partial charge < -0.3 is 14.7 Å². The van der Waals surface area contributed by atoms with Crippen LogP contribution >= 0.6 is 0 Å². The maximum absolute atomic E-state index is 12.4. The normalized spacial score (nSPS) is 17.9. The number of carbonyl (C=O) groups excluding carboxylic acids is 1. The minimum absolute atomic E-state index is 0.0648. The lowest BCUT2D eigenvalue weighted by Crippen LogP contribution is -2.48. The molecule has 4 rings (SSSR count). The summed E-state index contributed by atoms with van der Waals surface area (Å²) in [5, 5.41) is 8.88. The number of hydrogen-bond acceptors (Lipinski definition) is 5. The Bertz CT molecular complexity index is 791. The molecule has 146 valence electrons. The molecule has 2 aliphatic heterocycles. The van der Waals surface area contributed by atoms with E-state index in [1.54, 1.807) is 6.08 Å². The summed E-state index contributed by atoms with van der Waals surface area (Å²) < 4.78 is 0. The summed E-state index contributed by atoms with van der Waals surface area (Å²) in [5.74, 6) is 1.94.